The van der Waals surface area contributed by atoms with Crippen LogP contribution in [0.3, 0.4) is 0 Å². The molecule has 106 valence electrons. The third-order valence-electron chi connectivity index (χ3n) is 3.88. The van der Waals surface area contributed by atoms with Gasteiger partial charge in [-0.1, -0.05) is 30.3 Å². The number of hydrogen-bond acceptors (Lipinski definition) is 3. The van der Waals surface area contributed by atoms with Crippen molar-refractivity contribution in [2.45, 2.75) is 12.5 Å². The Kier molecular flexibility index (Phi) is 3.35. The van der Waals surface area contributed by atoms with Gasteiger partial charge in [0.1, 0.15) is 5.75 Å². The number of benzene rings is 2. The summed E-state index contributed by atoms with van der Waals surface area (Å²) in [5.41, 5.74) is 8.99. The minimum absolute atomic E-state index is 0.597. The Morgan fingerprint density at radius 2 is 1.81 bits per heavy atom. The zero-order chi connectivity index (χ0) is 14.9. The first-order valence-corrected chi connectivity index (χ1v) is 6.90. The zero-order valence-corrected chi connectivity index (χ0v) is 12.2. The lowest BCUT2D eigenvalue weighted by Crippen LogP contribution is -2.34. The van der Waals surface area contributed by atoms with Gasteiger partial charge in [0.05, 0.1) is 18.2 Å². The van der Waals surface area contributed by atoms with E-state index in [2.05, 4.69) is 23.2 Å². The molecule has 1 aromatic heterocycles. The van der Waals surface area contributed by atoms with Crippen molar-refractivity contribution in [2.75, 3.05) is 7.11 Å². The lowest BCUT2D eigenvalue weighted by molar-refractivity contribution is 0.413. The predicted molar refractivity (Wildman–Crippen MR) is 85.4 cm³/mol. The lowest BCUT2D eigenvalue weighted by atomic mass is 9.85. The maximum Gasteiger partial charge on any atom is 0.119 e. The molecule has 1 atom stereocenters. The summed E-state index contributed by atoms with van der Waals surface area (Å²) in [6.45, 7) is 2.01. The van der Waals surface area contributed by atoms with Crippen LogP contribution in [0.25, 0.3) is 10.9 Å². The predicted octanol–water partition coefficient (Wildman–Crippen LogP) is 3.47. The molecule has 0 bridgehead atoms. The van der Waals surface area contributed by atoms with Gasteiger partial charge in [0.25, 0.3) is 0 Å². The van der Waals surface area contributed by atoms with Crippen LogP contribution in [-0.4, -0.2) is 12.1 Å². The zero-order valence-electron chi connectivity index (χ0n) is 12.2. The van der Waals surface area contributed by atoms with Crippen molar-refractivity contribution >= 4 is 10.9 Å². The van der Waals surface area contributed by atoms with E-state index in [-0.39, 0.29) is 0 Å². The molecule has 0 saturated carbocycles. The van der Waals surface area contributed by atoms with Gasteiger partial charge in [-0.05, 0) is 42.3 Å². The van der Waals surface area contributed by atoms with E-state index in [1.165, 1.54) is 0 Å². The molecule has 21 heavy (non-hydrogen) atoms. The number of rotatable bonds is 3. The monoisotopic (exact) mass is 278 g/mol. The van der Waals surface area contributed by atoms with Crippen LogP contribution in [0, 0.1) is 0 Å². The first kappa shape index (κ1) is 13.6. The Labute approximate surface area is 124 Å². The smallest absolute Gasteiger partial charge is 0.119 e. The van der Waals surface area contributed by atoms with Crippen molar-refractivity contribution in [1.29, 1.82) is 0 Å². The quantitative estimate of drug-likeness (QED) is 0.798. The van der Waals surface area contributed by atoms with E-state index in [0.29, 0.717) is 0 Å². The van der Waals surface area contributed by atoms with Crippen LogP contribution >= 0.6 is 0 Å². The van der Waals surface area contributed by atoms with Gasteiger partial charge in [0, 0.05) is 11.6 Å². The van der Waals surface area contributed by atoms with E-state index in [1.807, 2.05) is 43.3 Å². The molecule has 0 saturated heterocycles. The second-order valence-electron chi connectivity index (χ2n) is 5.35. The number of nitrogens with two attached hydrogens (primary N) is 1. The largest absolute Gasteiger partial charge is 0.497 e. The van der Waals surface area contributed by atoms with Crippen molar-refractivity contribution in [1.82, 2.24) is 4.98 Å². The normalized spacial score (nSPS) is 13.9. The Balaban J connectivity index is 2.09. The number of pyridine rings is 1. The second-order valence-corrected chi connectivity index (χ2v) is 5.35. The molecule has 3 heteroatoms. The Morgan fingerprint density at radius 3 is 2.62 bits per heavy atom. The van der Waals surface area contributed by atoms with Crippen LogP contribution in [0.1, 0.15) is 18.1 Å². The van der Waals surface area contributed by atoms with Gasteiger partial charge in [-0.15, -0.1) is 0 Å². The molecular weight excluding hydrogens is 260 g/mol. The summed E-state index contributed by atoms with van der Waals surface area (Å²) >= 11 is 0. The van der Waals surface area contributed by atoms with Gasteiger partial charge >= 0.3 is 0 Å². The number of nitrogens with zero attached hydrogens (tertiary/aromatic N) is 1. The SMILES string of the molecule is COc1cccc(C(C)(N)c2ccc3cccnc3c2)c1. The van der Waals surface area contributed by atoms with Crippen LogP contribution in [0.5, 0.6) is 5.75 Å². The molecule has 0 fully saturated rings. The first-order chi connectivity index (χ1) is 10.1. The maximum atomic E-state index is 6.59. The van der Waals surface area contributed by atoms with Crippen molar-refractivity contribution in [3.8, 4) is 5.75 Å². The third kappa shape index (κ3) is 2.48. The van der Waals surface area contributed by atoms with Crippen molar-refractivity contribution in [2.24, 2.45) is 5.73 Å². The van der Waals surface area contributed by atoms with E-state index in [9.17, 15) is 0 Å². The summed E-state index contributed by atoms with van der Waals surface area (Å²) in [6.07, 6.45) is 1.80. The average molecular weight is 278 g/mol. The summed E-state index contributed by atoms with van der Waals surface area (Å²) in [5.74, 6) is 0.808. The molecule has 3 rings (SSSR count). The van der Waals surface area contributed by atoms with Crippen molar-refractivity contribution < 1.29 is 4.74 Å². The summed E-state index contributed by atoms with van der Waals surface area (Å²) < 4.78 is 5.29. The summed E-state index contributed by atoms with van der Waals surface area (Å²) in [7, 11) is 1.66. The Morgan fingerprint density at radius 1 is 1.00 bits per heavy atom. The fourth-order valence-electron chi connectivity index (χ4n) is 2.50. The fourth-order valence-corrected chi connectivity index (χ4v) is 2.50. The molecule has 1 heterocycles. The van der Waals surface area contributed by atoms with Crippen LogP contribution < -0.4 is 10.5 Å². The van der Waals surface area contributed by atoms with Crippen LogP contribution in [0.15, 0.2) is 60.8 Å². The number of methoxy groups -OCH3 is 1. The summed E-state index contributed by atoms with van der Waals surface area (Å²) in [6, 6.07) is 18.0. The van der Waals surface area contributed by atoms with E-state index in [1.54, 1.807) is 13.3 Å². The topological polar surface area (TPSA) is 48.1 Å². The average Bonchev–Trinajstić information content (AvgIpc) is 2.54. The molecule has 3 aromatic rings. The molecule has 2 aromatic carbocycles. The Hall–Kier alpha value is -2.39. The molecule has 2 N–H and O–H groups in total. The lowest BCUT2D eigenvalue weighted by Gasteiger charge is -2.26. The van der Waals surface area contributed by atoms with Crippen LogP contribution in [-0.2, 0) is 5.54 Å². The van der Waals surface area contributed by atoms with Crippen molar-refractivity contribution in [3.63, 3.8) is 0 Å². The van der Waals surface area contributed by atoms with E-state index < -0.39 is 5.54 Å². The standard InChI is InChI=1S/C18H18N2O/c1-18(19,14-6-3-7-16(11-14)21-2)15-9-8-13-5-4-10-20-17(13)12-15/h3-12H,19H2,1-2H3. The summed E-state index contributed by atoms with van der Waals surface area (Å²) in [5, 5.41) is 1.11. The highest BCUT2D eigenvalue weighted by Gasteiger charge is 2.24. The molecule has 0 aliphatic heterocycles. The minimum Gasteiger partial charge on any atom is -0.497 e. The van der Waals surface area contributed by atoms with Gasteiger partial charge in [-0.3, -0.25) is 4.98 Å². The van der Waals surface area contributed by atoms with Crippen molar-refractivity contribution in [3.05, 3.63) is 71.9 Å². The molecule has 0 amide bonds. The van der Waals surface area contributed by atoms with Gasteiger partial charge < -0.3 is 10.5 Å². The molecular formula is C18H18N2O. The van der Waals surface area contributed by atoms with E-state index in [0.717, 1.165) is 27.8 Å². The van der Waals surface area contributed by atoms with Crippen LogP contribution in [0.2, 0.25) is 0 Å². The van der Waals surface area contributed by atoms with E-state index in [4.69, 9.17) is 10.5 Å². The number of hydrogen-bond donors (Lipinski definition) is 1. The fraction of sp³-hybridized carbons (Fsp3) is 0.167. The number of aromatic nitrogens is 1. The third-order valence-corrected chi connectivity index (χ3v) is 3.88. The number of fused-ring (bicyclic) bond motifs is 1. The molecule has 0 spiro atoms. The maximum absolute atomic E-state index is 6.59. The molecule has 0 radical (unpaired) electrons. The van der Waals surface area contributed by atoms with Gasteiger partial charge in [-0.2, -0.15) is 0 Å². The molecule has 3 nitrogen and oxygen atoms in total. The molecule has 0 aliphatic rings. The molecule has 1 unspecified atom stereocenters. The van der Waals surface area contributed by atoms with Gasteiger partial charge in [0.15, 0.2) is 0 Å². The van der Waals surface area contributed by atoms with E-state index >= 15 is 0 Å². The highest BCUT2D eigenvalue weighted by molar-refractivity contribution is 5.79. The summed E-state index contributed by atoms with van der Waals surface area (Å²) in [4.78, 5) is 4.40. The Bertz CT molecular complexity index is 781. The minimum atomic E-state index is -0.597. The van der Waals surface area contributed by atoms with Gasteiger partial charge in [-0.25, -0.2) is 0 Å². The highest BCUT2D eigenvalue weighted by Crippen LogP contribution is 2.30. The highest BCUT2D eigenvalue weighted by atomic mass is 16.5. The number of ether oxygens (including phenoxy) is 1. The first-order valence-electron chi connectivity index (χ1n) is 6.90. The second kappa shape index (κ2) is 5.19. The van der Waals surface area contributed by atoms with Crippen LogP contribution in [0.4, 0.5) is 0 Å². The van der Waals surface area contributed by atoms with Gasteiger partial charge in [0.2, 0.25) is 0 Å². The molecule has 0 aliphatic carbocycles.